The Morgan fingerprint density at radius 2 is 2.06 bits per heavy atom. The van der Waals surface area contributed by atoms with E-state index in [1.807, 2.05) is 31.1 Å². The lowest BCUT2D eigenvalue weighted by Crippen LogP contribution is -2.34. The van der Waals surface area contributed by atoms with Gasteiger partial charge in [0, 0.05) is 12.2 Å². The lowest BCUT2D eigenvalue weighted by Gasteiger charge is -2.22. The number of likely N-dealkylation sites (N-methyl/N-ethyl adjacent to an activating group) is 1. The van der Waals surface area contributed by atoms with E-state index in [9.17, 15) is 8.42 Å². The Bertz CT molecular complexity index is 471. The van der Waals surface area contributed by atoms with E-state index in [0.29, 0.717) is 12.2 Å². The van der Waals surface area contributed by atoms with Crippen LogP contribution >= 0.6 is 0 Å². The fraction of sp³-hybridized carbons (Fsp3) is 0.455. The lowest BCUT2D eigenvalue weighted by molar-refractivity contribution is 0.363. The van der Waals surface area contributed by atoms with E-state index < -0.39 is 10.0 Å². The standard InChI is InChI=1S/C11H19N3O2S/c1-14(2)8-11(13-17(3,15)16)9-5-4-6-10(12)7-9/h4-7,11,13H,8,12H2,1-3H3. The summed E-state index contributed by atoms with van der Waals surface area (Å²) in [6.45, 7) is 0.580. The molecule has 0 bridgehead atoms. The molecule has 6 heteroatoms. The summed E-state index contributed by atoms with van der Waals surface area (Å²) in [6.07, 6.45) is 1.15. The number of anilines is 1. The molecule has 96 valence electrons. The van der Waals surface area contributed by atoms with Gasteiger partial charge in [0.25, 0.3) is 0 Å². The quantitative estimate of drug-likeness (QED) is 0.750. The van der Waals surface area contributed by atoms with E-state index in [0.717, 1.165) is 11.8 Å². The summed E-state index contributed by atoms with van der Waals surface area (Å²) in [5.41, 5.74) is 7.19. The van der Waals surface area contributed by atoms with Crippen LogP contribution in [0.2, 0.25) is 0 Å². The lowest BCUT2D eigenvalue weighted by atomic mass is 10.1. The molecule has 3 N–H and O–H groups in total. The molecule has 0 amide bonds. The molecule has 0 heterocycles. The summed E-state index contributed by atoms with van der Waals surface area (Å²) >= 11 is 0. The first kappa shape index (κ1) is 14.0. The number of nitrogens with two attached hydrogens (primary N) is 1. The van der Waals surface area contributed by atoms with Crippen LogP contribution in [0.4, 0.5) is 5.69 Å². The van der Waals surface area contributed by atoms with Gasteiger partial charge >= 0.3 is 0 Å². The Hall–Kier alpha value is -1.11. The van der Waals surface area contributed by atoms with Crippen molar-refractivity contribution in [1.29, 1.82) is 0 Å². The van der Waals surface area contributed by atoms with Crippen molar-refractivity contribution in [2.75, 3.05) is 32.6 Å². The Balaban J connectivity index is 2.97. The summed E-state index contributed by atoms with van der Waals surface area (Å²) in [5, 5.41) is 0. The highest BCUT2D eigenvalue weighted by Crippen LogP contribution is 2.17. The molecule has 0 aromatic heterocycles. The average molecular weight is 257 g/mol. The van der Waals surface area contributed by atoms with Crippen molar-refractivity contribution in [3.8, 4) is 0 Å². The fourth-order valence-electron chi connectivity index (χ4n) is 1.61. The molecule has 0 saturated carbocycles. The van der Waals surface area contributed by atoms with E-state index in [2.05, 4.69) is 4.72 Å². The zero-order chi connectivity index (χ0) is 13.1. The smallest absolute Gasteiger partial charge is 0.209 e. The van der Waals surface area contributed by atoms with E-state index in [4.69, 9.17) is 5.73 Å². The number of hydrogen-bond donors (Lipinski definition) is 2. The van der Waals surface area contributed by atoms with Gasteiger partial charge in [0.1, 0.15) is 0 Å². The molecule has 1 unspecified atom stereocenters. The molecule has 0 radical (unpaired) electrons. The molecular weight excluding hydrogens is 238 g/mol. The van der Waals surface area contributed by atoms with Crippen molar-refractivity contribution in [3.05, 3.63) is 29.8 Å². The highest BCUT2D eigenvalue weighted by Gasteiger charge is 2.16. The van der Waals surface area contributed by atoms with Crippen LogP contribution in [0.25, 0.3) is 0 Å². The molecular formula is C11H19N3O2S. The van der Waals surface area contributed by atoms with Gasteiger partial charge in [-0.25, -0.2) is 13.1 Å². The molecule has 0 fully saturated rings. The van der Waals surface area contributed by atoms with Crippen LogP contribution in [0.15, 0.2) is 24.3 Å². The van der Waals surface area contributed by atoms with Gasteiger partial charge in [-0.2, -0.15) is 0 Å². The van der Waals surface area contributed by atoms with Gasteiger partial charge in [-0.1, -0.05) is 12.1 Å². The molecule has 0 saturated heterocycles. The molecule has 1 aromatic rings. The third-order valence-corrected chi connectivity index (χ3v) is 2.93. The van der Waals surface area contributed by atoms with Crippen LogP contribution in [0.5, 0.6) is 0 Å². The van der Waals surface area contributed by atoms with Crippen molar-refractivity contribution < 1.29 is 8.42 Å². The summed E-state index contributed by atoms with van der Waals surface area (Å²) in [7, 11) is 0.537. The van der Waals surface area contributed by atoms with Gasteiger partial charge in [-0.3, -0.25) is 0 Å². The molecule has 0 aliphatic carbocycles. The van der Waals surface area contributed by atoms with Crippen molar-refractivity contribution in [2.45, 2.75) is 6.04 Å². The maximum atomic E-state index is 11.3. The molecule has 1 atom stereocenters. The van der Waals surface area contributed by atoms with Crippen molar-refractivity contribution in [2.24, 2.45) is 0 Å². The number of benzene rings is 1. The van der Waals surface area contributed by atoms with Gasteiger partial charge in [0.2, 0.25) is 10.0 Å². The van der Waals surface area contributed by atoms with Crippen molar-refractivity contribution in [3.63, 3.8) is 0 Å². The molecule has 0 aliphatic rings. The maximum absolute atomic E-state index is 11.3. The first-order chi connectivity index (χ1) is 7.78. The third-order valence-electron chi connectivity index (χ3n) is 2.22. The van der Waals surface area contributed by atoms with E-state index >= 15 is 0 Å². The van der Waals surface area contributed by atoms with E-state index in [1.165, 1.54) is 0 Å². The maximum Gasteiger partial charge on any atom is 0.209 e. The number of nitrogen functional groups attached to an aromatic ring is 1. The monoisotopic (exact) mass is 257 g/mol. The van der Waals surface area contributed by atoms with E-state index in [1.54, 1.807) is 12.1 Å². The molecule has 0 spiro atoms. The summed E-state index contributed by atoms with van der Waals surface area (Å²) in [5.74, 6) is 0. The first-order valence-corrected chi connectivity index (χ1v) is 7.14. The highest BCUT2D eigenvalue weighted by molar-refractivity contribution is 7.88. The predicted molar refractivity (Wildman–Crippen MR) is 70.1 cm³/mol. The Labute approximate surface area is 103 Å². The fourth-order valence-corrected chi connectivity index (χ4v) is 2.34. The number of sulfonamides is 1. The van der Waals surface area contributed by atoms with Gasteiger partial charge in [-0.15, -0.1) is 0 Å². The van der Waals surface area contributed by atoms with Crippen LogP contribution in [0.3, 0.4) is 0 Å². The average Bonchev–Trinajstić information content (AvgIpc) is 2.13. The molecule has 1 rings (SSSR count). The zero-order valence-electron chi connectivity index (χ0n) is 10.3. The van der Waals surface area contributed by atoms with Gasteiger partial charge in [-0.05, 0) is 31.8 Å². The second kappa shape index (κ2) is 5.48. The van der Waals surface area contributed by atoms with Gasteiger partial charge in [0.05, 0.1) is 12.3 Å². The van der Waals surface area contributed by atoms with Crippen LogP contribution < -0.4 is 10.5 Å². The molecule has 5 nitrogen and oxygen atoms in total. The largest absolute Gasteiger partial charge is 0.399 e. The van der Waals surface area contributed by atoms with Crippen LogP contribution in [0, 0.1) is 0 Å². The van der Waals surface area contributed by atoms with Crippen molar-refractivity contribution >= 4 is 15.7 Å². The Morgan fingerprint density at radius 3 is 2.53 bits per heavy atom. The molecule has 17 heavy (non-hydrogen) atoms. The molecule has 1 aromatic carbocycles. The SMILES string of the molecule is CN(C)CC(NS(C)(=O)=O)c1cccc(N)c1. The van der Waals surface area contributed by atoms with Crippen LogP contribution in [0.1, 0.15) is 11.6 Å². The van der Waals surface area contributed by atoms with Gasteiger partial charge in [0.15, 0.2) is 0 Å². The minimum atomic E-state index is -3.25. The summed E-state index contributed by atoms with van der Waals surface area (Å²) < 4.78 is 25.2. The van der Waals surface area contributed by atoms with Gasteiger partial charge < -0.3 is 10.6 Å². The summed E-state index contributed by atoms with van der Waals surface area (Å²) in [6, 6.07) is 6.95. The normalized spacial score (nSPS) is 13.9. The Morgan fingerprint density at radius 1 is 1.41 bits per heavy atom. The molecule has 0 aliphatic heterocycles. The van der Waals surface area contributed by atoms with Crippen LogP contribution in [-0.2, 0) is 10.0 Å². The number of hydrogen-bond acceptors (Lipinski definition) is 4. The number of nitrogens with zero attached hydrogens (tertiary/aromatic N) is 1. The van der Waals surface area contributed by atoms with Crippen molar-refractivity contribution in [1.82, 2.24) is 9.62 Å². The highest BCUT2D eigenvalue weighted by atomic mass is 32.2. The predicted octanol–water partition coefficient (Wildman–Crippen LogP) is 0.421. The van der Waals surface area contributed by atoms with Crippen LogP contribution in [-0.4, -0.2) is 40.2 Å². The zero-order valence-corrected chi connectivity index (χ0v) is 11.2. The number of nitrogens with one attached hydrogen (secondary N) is 1. The second-order valence-corrected chi connectivity index (χ2v) is 6.16. The van der Waals surface area contributed by atoms with E-state index in [-0.39, 0.29) is 6.04 Å². The Kier molecular flexibility index (Phi) is 4.50. The minimum absolute atomic E-state index is 0.288. The second-order valence-electron chi connectivity index (χ2n) is 4.37. The first-order valence-electron chi connectivity index (χ1n) is 5.25. The minimum Gasteiger partial charge on any atom is -0.399 e. The number of rotatable bonds is 5. The topological polar surface area (TPSA) is 75.4 Å². The summed E-state index contributed by atoms with van der Waals surface area (Å²) in [4.78, 5) is 1.92. The third kappa shape index (κ3) is 5.16.